The molecule has 0 unspecified atom stereocenters. The molecule has 0 radical (unpaired) electrons. The minimum absolute atomic E-state index is 0.400. The molecule has 0 bridgehead atoms. The summed E-state index contributed by atoms with van der Waals surface area (Å²) in [5, 5.41) is 10.6. The maximum atomic E-state index is 13.1. The average Bonchev–Trinajstić information content (AvgIpc) is 2.14. The van der Waals surface area contributed by atoms with Gasteiger partial charge >= 0.3 is 5.69 Å². The quantitative estimate of drug-likeness (QED) is 0.440. The molecule has 0 atom stereocenters. The van der Waals surface area contributed by atoms with Gasteiger partial charge in [0.25, 0.3) is 0 Å². The van der Waals surface area contributed by atoms with E-state index >= 15 is 0 Å². The van der Waals surface area contributed by atoms with Gasteiger partial charge in [0, 0.05) is 0 Å². The third-order valence-electron chi connectivity index (χ3n) is 1.59. The number of halogens is 1. The summed E-state index contributed by atoms with van der Waals surface area (Å²) in [5.41, 5.74) is -0.411. The summed E-state index contributed by atoms with van der Waals surface area (Å²) in [4.78, 5) is 10.3. The molecule has 0 heterocycles. The van der Waals surface area contributed by atoms with Gasteiger partial charge in [0.1, 0.15) is 0 Å². The third kappa shape index (κ3) is 2.45. The molecule has 0 aliphatic heterocycles. The van der Waals surface area contributed by atoms with Gasteiger partial charge in [-0.15, -0.1) is 11.8 Å². The normalized spacial score (nSPS) is 10.1. The first-order valence-electron chi connectivity index (χ1n) is 4.22. The molecule has 0 N–H and O–H groups in total. The Kier molecular flexibility index (Phi) is 3.88. The summed E-state index contributed by atoms with van der Waals surface area (Å²) in [6.07, 6.45) is 0.901. The SMILES string of the molecule is CCCSc1cccc(F)c1[N+](=O)[O-]. The second-order valence-corrected chi connectivity index (χ2v) is 3.83. The van der Waals surface area contributed by atoms with E-state index in [-0.39, 0.29) is 0 Å². The van der Waals surface area contributed by atoms with Crippen LogP contribution < -0.4 is 0 Å². The molecule has 0 aliphatic carbocycles. The van der Waals surface area contributed by atoms with Gasteiger partial charge in [-0.3, -0.25) is 10.1 Å². The summed E-state index contributed by atoms with van der Waals surface area (Å²) in [6, 6.07) is 4.16. The number of rotatable bonds is 4. The Labute approximate surface area is 85.5 Å². The van der Waals surface area contributed by atoms with E-state index in [2.05, 4.69) is 0 Å². The van der Waals surface area contributed by atoms with E-state index in [1.807, 2.05) is 6.92 Å². The van der Waals surface area contributed by atoms with Crippen molar-refractivity contribution in [1.29, 1.82) is 0 Å². The van der Waals surface area contributed by atoms with E-state index in [4.69, 9.17) is 0 Å². The van der Waals surface area contributed by atoms with E-state index < -0.39 is 16.4 Å². The van der Waals surface area contributed by atoms with Crippen LogP contribution in [0.4, 0.5) is 10.1 Å². The van der Waals surface area contributed by atoms with Gasteiger partial charge in [0.2, 0.25) is 5.82 Å². The van der Waals surface area contributed by atoms with Crippen molar-refractivity contribution < 1.29 is 9.31 Å². The molecule has 0 fully saturated rings. The van der Waals surface area contributed by atoms with E-state index in [0.717, 1.165) is 18.2 Å². The summed E-state index contributed by atoms with van der Waals surface area (Å²) in [6.45, 7) is 1.97. The van der Waals surface area contributed by atoms with Crippen LogP contribution in [0.25, 0.3) is 0 Å². The fourth-order valence-electron chi connectivity index (χ4n) is 1.00. The molecule has 1 rings (SSSR count). The Bertz CT molecular complexity index is 344. The smallest absolute Gasteiger partial charge is 0.258 e. The highest BCUT2D eigenvalue weighted by Crippen LogP contribution is 2.31. The van der Waals surface area contributed by atoms with Crippen LogP contribution in [-0.2, 0) is 0 Å². The zero-order valence-electron chi connectivity index (χ0n) is 7.70. The Morgan fingerprint density at radius 2 is 2.29 bits per heavy atom. The highest BCUT2D eigenvalue weighted by atomic mass is 32.2. The van der Waals surface area contributed by atoms with E-state index in [1.54, 1.807) is 6.07 Å². The van der Waals surface area contributed by atoms with Crippen molar-refractivity contribution in [2.45, 2.75) is 18.2 Å². The standard InChI is InChI=1S/C9H10FNO2S/c1-2-6-14-8-5-3-4-7(10)9(8)11(12)13/h3-5H,2,6H2,1H3. The number of nitro benzene ring substituents is 1. The molecule has 0 aliphatic rings. The lowest BCUT2D eigenvalue weighted by Crippen LogP contribution is -1.95. The second kappa shape index (κ2) is 4.95. The van der Waals surface area contributed by atoms with Crippen LogP contribution in [0.3, 0.4) is 0 Å². The lowest BCUT2D eigenvalue weighted by atomic mass is 10.3. The maximum absolute atomic E-state index is 13.1. The monoisotopic (exact) mass is 215 g/mol. The highest BCUT2D eigenvalue weighted by molar-refractivity contribution is 7.99. The molecular formula is C9H10FNO2S. The van der Waals surface area contributed by atoms with Crippen LogP contribution in [0.1, 0.15) is 13.3 Å². The topological polar surface area (TPSA) is 43.1 Å². The first kappa shape index (κ1) is 11.0. The number of thioether (sulfide) groups is 1. The van der Waals surface area contributed by atoms with Gasteiger partial charge < -0.3 is 0 Å². The predicted molar refractivity (Wildman–Crippen MR) is 54.1 cm³/mol. The molecule has 0 amide bonds. The molecule has 1 aromatic carbocycles. The lowest BCUT2D eigenvalue weighted by Gasteiger charge is -2.01. The van der Waals surface area contributed by atoms with E-state index in [1.165, 1.54) is 17.8 Å². The van der Waals surface area contributed by atoms with Crippen LogP contribution in [0, 0.1) is 15.9 Å². The van der Waals surface area contributed by atoms with Gasteiger partial charge in [0.05, 0.1) is 9.82 Å². The minimum atomic E-state index is -0.767. The molecule has 14 heavy (non-hydrogen) atoms. The molecule has 0 saturated carbocycles. The van der Waals surface area contributed by atoms with Crippen LogP contribution in [0.2, 0.25) is 0 Å². The number of hydrogen-bond donors (Lipinski definition) is 0. The molecule has 5 heteroatoms. The van der Waals surface area contributed by atoms with Gasteiger partial charge in [-0.2, -0.15) is 4.39 Å². The zero-order chi connectivity index (χ0) is 10.6. The van der Waals surface area contributed by atoms with E-state index in [9.17, 15) is 14.5 Å². The number of nitro groups is 1. The van der Waals surface area contributed by atoms with Crippen LogP contribution >= 0.6 is 11.8 Å². The fourth-order valence-corrected chi connectivity index (χ4v) is 1.91. The van der Waals surface area contributed by atoms with E-state index in [0.29, 0.717) is 4.90 Å². The second-order valence-electron chi connectivity index (χ2n) is 2.69. The molecule has 1 aromatic rings. The maximum Gasteiger partial charge on any atom is 0.318 e. The van der Waals surface area contributed by atoms with Crippen molar-refractivity contribution in [3.63, 3.8) is 0 Å². The number of para-hydroxylation sites is 1. The Balaban J connectivity index is 3.02. The summed E-state index contributed by atoms with van der Waals surface area (Å²) < 4.78 is 13.1. The molecule has 0 aromatic heterocycles. The fraction of sp³-hybridized carbons (Fsp3) is 0.333. The largest absolute Gasteiger partial charge is 0.318 e. The van der Waals surface area contributed by atoms with Gasteiger partial charge in [-0.25, -0.2) is 0 Å². The van der Waals surface area contributed by atoms with Crippen molar-refractivity contribution in [2.24, 2.45) is 0 Å². The number of hydrogen-bond acceptors (Lipinski definition) is 3. The van der Waals surface area contributed by atoms with Crippen molar-refractivity contribution >= 4 is 17.4 Å². The number of benzene rings is 1. The van der Waals surface area contributed by atoms with Crippen molar-refractivity contribution in [2.75, 3.05) is 5.75 Å². The van der Waals surface area contributed by atoms with Gasteiger partial charge in [0.15, 0.2) is 0 Å². The number of nitrogens with zero attached hydrogens (tertiary/aromatic N) is 1. The van der Waals surface area contributed by atoms with Crippen molar-refractivity contribution in [3.8, 4) is 0 Å². The Morgan fingerprint density at radius 3 is 2.86 bits per heavy atom. The first-order chi connectivity index (χ1) is 6.66. The Hall–Kier alpha value is -1.10. The lowest BCUT2D eigenvalue weighted by molar-refractivity contribution is -0.390. The minimum Gasteiger partial charge on any atom is -0.258 e. The van der Waals surface area contributed by atoms with Crippen LogP contribution in [0.5, 0.6) is 0 Å². The third-order valence-corrected chi connectivity index (χ3v) is 2.85. The summed E-state index contributed by atoms with van der Waals surface area (Å²) in [7, 11) is 0. The molecule has 0 saturated heterocycles. The summed E-state index contributed by atoms with van der Waals surface area (Å²) >= 11 is 1.31. The van der Waals surface area contributed by atoms with Crippen LogP contribution in [0.15, 0.2) is 23.1 Å². The molecule has 0 spiro atoms. The highest BCUT2D eigenvalue weighted by Gasteiger charge is 2.19. The Morgan fingerprint density at radius 1 is 1.57 bits per heavy atom. The average molecular weight is 215 g/mol. The first-order valence-corrected chi connectivity index (χ1v) is 5.21. The summed E-state index contributed by atoms with van der Waals surface area (Å²) in [5.74, 6) is -0.0132. The van der Waals surface area contributed by atoms with Crippen molar-refractivity contribution in [1.82, 2.24) is 0 Å². The van der Waals surface area contributed by atoms with Gasteiger partial charge in [-0.1, -0.05) is 13.0 Å². The molecule has 76 valence electrons. The van der Waals surface area contributed by atoms with Crippen molar-refractivity contribution in [3.05, 3.63) is 34.1 Å². The molecular weight excluding hydrogens is 205 g/mol. The molecule has 3 nitrogen and oxygen atoms in total. The van der Waals surface area contributed by atoms with Crippen LogP contribution in [-0.4, -0.2) is 10.7 Å². The van der Waals surface area contributed by atoms with Gasteiger partial charge in [-0.05, 0) is 24.3 Å². The predicted octanol–water partition coefficient (Wildman–Crippen LogP) is 3.24. The zero-order valence-corrected chi connectivity index (χ0v) is 8.51.